The van der Waals surface area contributed by atoms with Crippen LogP contribution in [0.25, 0.3) is 0 Å². The molecule has 4 heteroatoms. The number of hydrogen-bond donors (Lipinski definition) is 1. The van der Waals surface area contributed by atoms with Gasteiger partial charge in [0.05, 0.1) is 6.54 Å². The number of nitrogens with zero attached hydrogens (tertiary/aromatic N) is 1. The first-order valence-corrected chi connectivity index (χ1v) is 8.11. The van der Waals surface area contributed by atoms with Gasteiger partial charge in [-0.2, -0.15) is 11.8 Å². The molecule has 1 aromatic heterocycles. The largest absolute Gasteiger partial charge is 0.465 e. The van der Waals surface area contributed by atoms with Crippen molar-refractivity contribution >= 4 is 11.8 Å². The van der Waals surface area contributed by atoms with E-state index in [1.54, 1.807) is 0 Å². The molecule has 108 valence electrons. The molecule has 0 amide bonds. The Balaban J connectivity index is 2.20. The van der Waals surface area contributed by atoms with Gasteiger partial charge in [0.2, 0.25) is 0 Å². The number of hydrogen-bond acceptors (Lipinski definition) is 4. The van der Waals surface area contributed by atoms with E-state index in [9.17, 15) is 0 Å². The smallest absolute Gasteiger partial charge is 0.118 e. The highest BCUT2D eigenvalue weighted by atomic mass is 32.2. The molecule has 2 N–H and O–H groups in total. The zero-order chi connectivity index (χ0) is 14.1. The van der Waals surface area contributed by atoms with Crippen LogP contribution in [0, 0.1) is 12.3 Å². The van der Waals surface area contributed by atoms with Gasteiger partial charge in [-0.15, -0.1) is 0 Å². The second-order valence-corrected chi connectivity index (χ2v) is 7.40. The van der Waals surface area contributed by atoms with Gasteiger partial charge in [-0.25, -0.2) is 0 Å². The lowest BCUT2D eigenvalue weighted by Crippen LogP contribution is -2.64. The number of nitrogens with two attached hydrogens (primary N) is 1. The van der Waals surface area contributed by atoms with E-state index in [1.807, 2.05) is 24.8 Å². The minimum Gasteiger partial charge on any atom is -0.465 e. The maximum absolute atomic E-state index is 6.19. The fourth-order valence-electron chi connectivity index (χ4n) is 3.07. The van der Waals surface area contributed by atoms with Crippen molar-refractivity contribution in [2.45, 2.75) is 39.3 Å². The number of likely N-dealkylation sites (N-methyl/N-ethyl adjacent to an activating group) is 1. The Labute approximate surface area is 120 Å². The highest BCUT2D eigenvalue weighted by molar-refractivity contribution is 7.99. The molecule has 1 atom stereocenters. The molecule has 0 aromatic carbocycles. The minimum absolute atomic E-state index is 0.0522. The molecular weight excluding hydrogens is 256 g/mol. The van der Waals surface area contributed by atoms with Gasteiger partial charge >= 0.3 is 0 Å². The number of furan rings is 1. The highest BCUT2D eigenvalue weighted by Crippen LogP contribution is 2.45. The van der Waals surface area contributed by atoms with Crippen LogP contribution in [0.2, 0.25) is 0 Å². The SMILES string of the molecule is Cc1ccc(CN(C)C2(CN)CSCCC2(C)C)o1. The van der Waals surface area contributed by atoms with E-state index < -0.39 is 0 Å². The van der Waals surface area contributed by atoms with Crippen LogP contribution in [-0.2, 0) is 6.54 Å². The van der Waals surface area contributed by atoms with Gasteiger partial charge in [0.1, 0.15) is 11.5 Å². The number of aryl methyl sites for hydroxylation is 1. The van der Waals surface area contributed by atoms with Crippen LogP contribution in [0.3, 0.4) is 0 Å². The van der Waals surface area contributed by atoms with Crippen molar-refractivity contribution in [3.8, 4) is 0 Å². The zero-order valence-electron chi connectivity index (χ0n) is 12.5. The lowest BCUT2D eigenvalue weighted by Gasteiger charge is -2.54. The molecular formula is C15H26N2OS. The van der Waals surface area contributed by atoms with Crippen LogP contribution in [0.4, 0.5) is 0 Å². The summed E-state index contributed by atoms with van der Waals surface area (Å²) in [5, 5.41) is 0. The molecule has 19 heavy (non-hydrogen) atoms. The standard InChI is InChI=1S/C15H26N2OS/c1-12-5-6-13(18-12)9-17(4)15(10-16)11-19-8-7-14(15,2)3/h5-6H,7-11,16H2,1-4H3. The Bertz CT molecular complexity index is 430. The second-order valence-electron chi connectivity index (χ2n) is 6.29. The molecule has 2 heterocycles. The third kappa shape index (κ3) is 2.71. The van der Waals surface area contributed by atoms with E-state index in [1.165, 1.54) is 12.2 Å². The summed E-state index contributed by atoms with van der Waals surface area (Å²) >= 11 is 2.02. The Kier molecular flexibility index (Phi) is 4.33. The van der Waals surface area contributed by atoms with Crippen LogP contribution >= 0.6 is 11.8 Å². The molecule has 0 radical (unpaired) electrons. The summed E-state index contributed by atoms with van der Waals surface area (Å²) in [5.74, 6) is 4.34. The monoisotopic (exact) mass is 282 g/mol. The van der Waals surface area contributed by atoms with E-state index >= 15 is 0 Å². The molecule has 3 nitrogen and oxygen atoms in total. The molecule has 1 aliphatic rings. The zero-order valence-corrected chi connectivity index (χ0v) is 13.3. The van der Waals surface area contributed by atoms with Crippen molar-refractivity contribution in [1.29, 1.82) is 0 Å². The molecule has 0 spiro atoms. The fraction of sp³-hybridized carbons (Fsp3) is 0.733. The Hall–Kier alpha value is -0.450. The van der Waals surface area contributed by atoms with Crippen molar-refractivity contribution in [2.24, 2.45) is 11.1 Å². The molecule has 1 saturated heterocycles. The molecule has 2 rings (SSSR count). The number of rotatable bonds is 4. The molecule has 0 aliphatic carbocycles. The fourth-order valence-corrected chi connectivity index (χ4v) is 4.94. The molecule has 1 aliphatic heterocycles. The first-order valence-electron chi connectivity index (χ1n) is 6.96. The van der Waals surface area contributed by atoms with Gasteiger partial charge in [-0.05, 0) is 43.7 Å². The van der Waals surface area contributed by atoms with Gasteiger partial charge in [0.15, 0.2) is 0 Å². The van der Waals surface area contributed by atoms with Crippen molar-refractivity contribution in [1.82, 2.24) is 4.90 Å². The molecule has 0 saturated carbocycles. The van der Waals surface area contributed by atoms with Gasteiger partial charge in [-0.3, -0.25) is 4.90 Å². The summed E-state index contributed by atoms with van der Waals surface area (Å²) in [6.07, 6.45) is 1.22. The quantitative estimate of drug-likeness (QED) is 0.922. The maximum atomic E-state index is 6.19. The summed E-state index contributed by atoms with van der Waals surface area (Å²) in [7, 11) is 2.18. The first-order chi connectivity index (χ1) is 8.91. The maximum Gasteiger partial charge on any atom is 0.118 e. The average Bonchev–Trinajstić information content (AvgIpc) is 2.74. The van der Waals surface area contributed by atoms with Crippen molar-refractivity contribution in [3.05, 3.63) is 23.7 Å². The lowest BCUT2D eigenvalue weighted by molar-refractivity contribution is 0.0108. The van der Waals surface area contributed by atoms with Crippen LogP contribution in [-0.4, -0.2) is 35.5 Å². The van der Waals surface area contributed by atoms with Crippen LogP contribution in [0.1, 0.15) is 31.8 Å². The van der Waals surface area contributed by atoms with Gasteiger partial charge in [-0.1, -0.05) is 13.8 Å². The number of thioether (sulfide) groups is 1. The average molecular weight is 282 g/mol. The summed E-state index contributed by atoms with van der Waals surface area (Å²) in [5.41, 5.74) is 6.48. The molecule has 1 fully saturated rings. The van der Waals surface area contributed by atoms with Crippen LogP contribution < -0.4 is 5.73 Å². The highest BCUT2D eigenvalue weighted by Gasteiger charge is 2.48. The third-order valence-corrected chi connectivity index (χ3v) is 5.90. The lowest BCUT2D eigenvalue weighted by atomic mass is 9.70. The Morgan fingerprint density at radius 2 is 2.16 bits per heavy atom. The van der Waals surface area contributed by atoms with Gasteiger partial charge < -0.3 is 10.2 Å². The molecule has 0 bridgehead atoms. The van der Waals surface area contributed by atoms with E-state index in [-0.39, 0.29) is 11.0 Å². The Morgan fingerprint density at radius 3 is 2.68 bits per heavy atom. The summed E-state index contributed by atoms with van der Waals surface area (Å²) in [6.45, 7) is 8.22. The predicted octanol–water partition coefficient (Wildman–Crippen LogP) is 2.88. The Morgan fingerprint density at radius 1 is 1.42 bits per heavy atom. The summed E-state index contributed by atoms with van der Waals surface area (Å²) in [6, 6.07) is 4.10. The summed E-state index contributed by atoms with van der Waals surface area (Å²) in [4.78, 5) is 2.40. The van der Waals surface area contributed by atoms with Crippen molar-refractivity contribution in [2.75, 3.05) is 25.1 Å². The second kappa shape index (κ2) is 5.51. The van der Waals surface area contributed by atoms with Crippen molar-refractivity contribution in [3.63, 3.8) is 0 Å². The van der Waals surface area contributed by atoms with E-state index in [0.29, 0.717) is 6.54 Å². The van der Waals surface area contributed by atoms with Crippen LogP contribution in [0.5, 0.6) is 0 Å². The normalized spacial score (nSPS) is 26.8. The van der Waals surface area contributed by atoms with E-state index in [2.05, 4.69) is 31.9 Å². The van der Waals surface area contributed by atoms with Gasteiger partial charge in [0, 0.05) is 17.8 Å². The molecule has 1 aromatic rings. The predicted molar refractivity (Wildman–Crippen MR) is 82.4 cm³/mol. The van der Waals surface area contributed by atoms with E-state index in [0.717, 1.165) is 23.8 Å². The topological polar surface area (TPSA) is 42.4 Å². The molecule has 1 unspecified atom stereocenters. The third-order valence-electron chi connectivity index (χ3n) is 4.73. The van der Waals surface area contributed by atoms with E-state index in [4.69, 9.17) is 10.2 Å². The minimum atomic E-state index is 0.0522. The van der Waals surface area contributed by atoms with Crippen molar-refractivity contribution < 1.29 is 4.42 Å². The van der Waals surface area contributed by atoms with Gasteiger partial charge in [0.25, 0.3) is 0 Å². The van der Waals surface area contributed by atoms with Crippen LogP contribution in [0.15, 0.2) is 16.5 Å². The first kappa shape index (κ1) is 14.9. The summed E-state index contributed by atoms with van der Waals surface area (Å²) < 4.78 is 5.71.